The number of carbonyl (C=O) groups is 1. The maximum atomic E-state index is 13.6. The van der Waals surface area contributed by atoms with Crippen LogP contribution in [0.4, 0.5) is 0 Å². The second-order valence-electron chi connectivity index (χ2n) is 7.83. The Morgan fingerprint density at radius 2 is 1.87 bits per heavy atom. The number of fused-ring (bicyclic) bond motifs is 1. The molecule has 3 aromatic rings. The molecule has 5 rings (SSSR count). The molecule has 0 radical (unpaired) electrons. The van der Waals surface area contributed by atoms with E-state index in [0.717, 1.165) is 12.8 Å². The van der Waals surface area contributed by atoms with Gasteiger partial charge in [0.2, 0.25) is 5.88 Å². The van der Waals surface area contributed by atoms with Gasteiger partial charge in [-0.1, -0.05) is 23.2 Å². The van der Waals surface area contributed by atoms with Crippen molar-refractivity contribution < 1.29 is 9.53 Å². The highest BCUT2D eigenvalue weighted by Gasteiger charge is 2.47. The summed E-state index contributed by atoms with van der Waals surface area (Å²) >= 11 is 12.0. The first-order valence-corrected chi connectivity index (χ1v) is 10.8. The number of hydrogen-bond donors (Lipinski definition) is 0. The van der Waals surface area contributed by atoms with Gasteiger partial charge in [0.1, 0.15) is 17.5 Å². The second kappa shape index (κ2) is 8.40. The van der Waals surface area contributed by atoms with Gasteiger partial charge in [0.05, 0.1) is 11.6 Å². The zero-order chi connectivity index (χ0) is 21.4. The summed E-state index contributed by atoms with van der Waals surface area (Å²) in [7, 11) is 0. The lowest BCUT2D eigenvalue weighted by Gasteiger charge is -2.35. The van der Waals surface area contributed by atoms with E-state index in [2.05, 4.69) is 19.9 Å². The Hall–Kier alpha value is -2.77. The molecule has 0 spiro atoms. The summed E-state index contributed by atoms with van der Waals surface area (Å²) in [6.07, 6.45) is 6.94. The van der Waals surface area contributed by atoms with Gasteiger partial charge in [-0.25, -0.2) is 15.0 Å². The van der Waals surface area contributed by atoms with Gasteiger partial charge >= 0.3 is 0 Å². The molecular formula is C22H19Cl2N5O2. The number of aromatic nitrogens is 4. The monoisotopic (exact) mass is 455 g/mol. The fourth-order valence-electron chi connectivity index (χ4n) is 4.14. The third-order valence-electron chi connectivity index (χ3n) is 5.75. The molecule has 1 aliphatic heterocycles. The number of pyridine rings is 2. The minimum atomic E-state index is -0.140. The van der Waals surface area contributed by atoms with E-state index in [0.29, 0.717) is 53.0 Å². The molecule has 0 N–H and O–H groups in total. The SMILES string of the molecule is O=C(c1ncccc1-c1ncccn1)N1C[C@H]2C[C@H]2C[C@H]1COc1cc(Cl)cc(Cl)n1. The molecule has 1 saturated carbocycles. The van der Waals surface area contributed by atoms with Gasteiger partial charge < -0.3 is 9.64 Å². The number of nitrogens with zero attached hydrogens (tertiary/aromatic N) is 5. The van der Waals surface area contributed by atoms with Crippen molar-refractivity contribution in [1.82, 2.24) is 24.8 Å². The van der Waals surface area contributed by atoms with E-state index >= 15 is 0 Å². The van der Waals surface area contributed by atoms with Gasteiger partial charge in [0.15, 0.2) is 5.82 Å². The van der Waals surface area contributed by atoms with Crippen molar-refractivity contribution in [2.45, 2.75) is 18.9 Å². The Morgan fingerprint density at radius 3 is 2.68 bits per heavy atom. The first kappa shape index (κ1) is 20.2. The number of likely N-dealkylation sites (tertiary alicyclic amines) is 1. The summed E-state index contributed by atoms with van der Waals surface area (Å²) in [5.41, 5.74) is 0.968. The number of rotatable bonds is 5. The standard InChI is InChI=1S/C22H19Cl2N5O2/c23-15-9-18(24)28-19(10-15)31-12-16-8-13-7-14(13)11-29(16)22(30)20-17(3-1-4-25-20)21-26-5-2-6-27-21/h1-6,9-10,13-14,16H,7-8,11-12H2/t13-,14+,16-/m0/s1. The molecule has 3 aromatic heterocycles. The molecule has 4 heterocycles. The van der Waals surface area contributed by atoms with Crippen molar-refractivity contribution in [2.24, 2.45) is 11.8 Å². The van der Waals surface area contributed by atoms with Gasteiger partial charge in [-0.05, 0) is 48.9 Å². The Balaban J connectivity index is 1.39. The fraction of sp³-hybridized carbons (Fsp3) is 0.318. The van der Waals surface area contributed by atoms with Crippen LogP contribution in [0.2, 0.25) is 10.2 Å². The number of piperidine rings is 1. The largest absolute Gasteiger partial charge is 0.475 e. The van der Waals surface area contributed by atoms with Gasteiger partial charge in [-0.3, -0.25) is 9.78 Å². The molecular weight excluding hydrogens is 437 g/mol. The van der Waals surface area contributed by atoms with E-state index in [4.69, 9.17) is 27.9 Å². The van der Waals surface area contributed by atoms with Gasteiger partial charge in [0, 0.05) is 36.2 Å². The Morgan fingerprint density at radius 1 is 1.06 bits per heavy atom. The van der Waals surface area contributed by atoms with Crippen molar-refractivity contribution >= 4 is 29.1 Å². The Kier molecular flexibility index (Phi) is 5.46. The van der Waals surface area contributed by atoms with Crippen LogP contribution < -0.4 is 4.74 Å². The summed E-state index contributed by atoms with van der Waals surface area (Å²) in [6, 6.07) is 8.42. The average Bonchev–Trinajstić information content (AvgIpc) is 3.55. The van der Waals surface area contributed by atoms with Crippen LogP contribution in [0.15, 0.2) is 48.9 Å². The van der Waals surface area contributed by atoms with Crippen LogP contribution in [-0.2, 0) is 0 Å². The van der Waals surface area contributed by atoms with Crippen LogP contribution in [-0.4, -0.2) is 49.9 Å². The van der Waals surface area contributed by atoms with Crippen molar-refractivity contribution in [1.29, 1.82) is 0 Å². The van der Waals surface area contributed by atoms with E-state index in [9.17, 15) is 4.79 Å². The molecule has 7 nitrogen and oxygen atoms in total. The third kappa shape index (κ3) is 4.34. The molecule has 1 amide bonds. The lowest BCUT2D eigenvalue weighted by Crippen LogP contribution is -2.48. The second-order valence-corrected chi connectivity index (χ2v) is 8.66. The first-order valence-electron chi connectivity index (χ1n) is 10.1. The fourth-order valence-corrected chi connectivity index (χ4v) is 4.59. The highest BCUT2D eigenvalue weighted by atomic mass is 35.5. The van der Waals surface area contributed by atoms with Crippen molar-refractivity contribution in [3.05, 3.63) is 64.8 Å². The van der Waals surface area contributed by atoms with Crippen molar-refractivity contribution in [3.8, 4) is 17.3 Å². The first-order chi connectivity index (χ1) is 15.1. The summed E-state index contributed by atoms with van der Waals surface area (Å²) in [5, 5.41) is 0.720. The van der Waals surface area contributed by atoms with Gasteiger partial charge in [0.25, 0.3) is 5.91 Å². The zero-order valence-corrected chi connectivity index (χ0v) is 18.0. The van der Waals surface area contributed by atoms with Crippen LogP contribution >= 0.6 is 23.2 Å². The van der Waals surface area contributed by atoms with Crippen molar-refractivity contribution in [3.63, 3.8) is 0 Å². The molecule has 0 bridgehead atoms. The Labute approximate surface area is 189 Å². The van der Waals surface area contributed by atoms with E-state index < -0.39 is 0 Å². The number of hydrogen-bond acceptors (Lipinski definition) is 6. The van der Waals surface area contributed by atoms with Gasteiger partial charge in [-0.2, -0.15) is 0 Å². The minimum Gasteiger partial charge on any atom is -0.475 e. The molecule has 158 valence electrons. The molecule has 1 saturated heterocycles. The number of halogens is 2. The lowest BCUT2D eigenvalue weighted by atomic mass is 10.0. The number of carbonyl (C=O) groups excluding carboxylic acids is 1. The van der Waals surface area contributed by atoms with E-state index in [1.165, 1.54) is 0 Å². The zero-order valence-electron chi connectivity index (χ0n) is 16.5. The molecule has 9 heteroatoms. The Bertz CT molecular complexity index is 1090. The maximum Gasteiger partial charge on any atom is 0.273 e. The number of amides is 1. The van der Waals surface area contributed by atoms with Crippen LogP contribution in [0, 0.1) is 11.8 Å². The molecule has 0 aromatic carbocycles. The molecule has 1 aliphatic carbocycles. The summed E-state index contributed by atoms with van der Waals surface area (Å²) in [5.74, 6) is 1.86. The van der Waals surface area contributed by atoms with Crippen LogP contribution in [0.1, 0.15) is 23.3 Å². The topological polar surface area (TPSA) is 81.1 Å². The highest BCUT2D eigenvalue weighted by Crippen LogP contribution is 2.47. The molecule has 2 fully saturated rings. The molecule has 2 aliphatic rings. The average molecular weight is 456 g/mol. The number of ether oxygens (including phenoxy) is 1. The minimum absolute atomic E-state index is 0.0950. The van der Waals surface area contributed by atoms with Crippen LogP contribution in [0.25, 0.3) is 11.4 Å². The molecule has 3 atom stereocenters. The predicted molar refractivity (Wildman–Crippen MR) is 116 cm³/mol. The van der Waals surface area contributed by atoms with E-state index in [1.54, 1.807) is 42.9 Å². The van der Waals surface area contributed by atoms with Gasteiger partial charge in [-0.15, -0.1) is 0 Å². The van der Waals surface area contributed by atoms with E-state index in [1.807, 2.05) is 11.0 Å². The summed E-state index contributed by atoms with van der Waals surface area (Å²) < 4.78 is 5.89. The van der Waals surface area contributed by atoms with E-state index in [-0.39, 0.29) is 17.1 Å². The van der Waals surface area contributed by atoms with Crippen molar-refractivity contribution in [2.75, 3.05) is 13.2 Å². The smallest absolute Gasteiger partial charge is 0.273 e. The lowest BCUT2D eigenvalue weighted by molar-refractivity contribution is 0.0503. The quantitative estimate of drug-likeness (QED) is 0.536. The maximum absolute atomic E-state index is 13.6. The van der Waals surface area contributed by atoms with Crippen LogP contribution in [0.3, 0.4) is 0 Å². The highest BCUT2D eigenvalue weighted by molar-refractivity contribution is 6.34. The third-order valence-corrected chi connectivity index (χ3v) is 6.16. The molecule has 0 unspecified atom stereocenters. The molecule has 31 heavy (non-hydrogen) atoms. The normalized spacial score (nSPS) is 22.0. The summed E-state index contributed by atoms with van der Waals surface area (Å²) in [6.45, 7) is 0.996. The summed E-state index contributed by atoms with van der Waals surface area (Å²) in [4.78, 5) is 32.6. The predicted octanol–water partition coefficient (Wildman–Crippen LogP) is 4.17. The van der Waals surface area contributed by atoms with Crippen LogP contribution in [0.5, 0.6) is 5.88 Å².